The SMILES string of the molecule is CCOc1cc(CNC(=NC)NC2CC2C)ccc1OC. The van der Waals surface area contributed by atoms with Gasteiger partial charge in [-0.15, -0.1) is 0 Å². The largest absolute Gasteiger partial charge is 0.493 e. The third-order valence-corrected chi connectivity index (χ3v) is 3.64. The number of ether oxygens (including phenoxy) is 2. The number of hydrogen-bond acceptors (Lipinski definition) is 3. The predicted octanol–water partition coefficient (Wildman–Crippen LogP) is 2.17. The van der Waals surface area contributed by atoms with Crippen molar-refractivity contribution in [2.24, 2.45) is 10.9 Å². The van der Waals surface area contributed by atoms with E-state index in [0.29, 0.717) is 19.2 Å². The fraction of sp³-hybridized carbons (Fsp3) is 0.562. The number of benzene rings is 1. The van der Waals surface area contributed by atoms with Crippen molar-refractivity contribution < 1.29 is 9.47 Å². The Morgan fingerprint density at radius 3 is 2.71 bits per heavy atom. The van der Waals surface area contributed by atoms with E-state index in [1.807, 2.05) is 25.1 Å². The molecule has 1 aliphatic carbocycles. The van der Waals surface area contributed by atoms with E-state index in [4.69, 9.17) is 9.47 Å². The Hall–Kier alpha value is -1.91. The zero-order chi connectivity index (χ0) is 15.2. The highest BCUT2D eigenvalue weighted by atomic mass is 16.5. The molecule has 0 amide bonds. The normalized spacial score (nSPS) is 20.9. The molecule has 2 unspecified atom stereocenters. The van der Waals surface area contributed by atoms with Crippen molar-refractivity contribution in [3.8, 4) is 11.5 Å². The Labute approximate surface area is 126 Å². The van der Waals surface area contributed by atoms with Crippen LogP contribution in [0.25, 0.3) is 0 Å². The van der Waals surface area contributed by atoms with Gasteiger partial charge in [0, 0.05) is 19.6 Å². The minimum atomic E-state index is 0.561. The lowest BCUT2D eigenvalue weighted by atomic mass is 10.2. The predicted molar refractivity (Wildman–Crippen MR) is 85.1 cm³/mol. The number of rotatable bonds is 6. The summed E-state index contributed by atoms with van der Waals surface area (Å²) in [7, 11) is 3.44. The highest BCUT2D eigenvalue weighted by Crippen LogP contribution is 2.29. The number of aliphatic imine (C=N–C) groups is 1. The maximum Gasteiger partial charge on any atom is 0.191 e. The summed E-state index contributed by atoms with van der Waals surface area (Å²) in [5.41, 5.74) is 1.13. The topological polar surface area (TPSA) is 54.9 Å². The van der Waals surface area contributed by atoms with Gasteiger partial charge >= 0.3 is 0 Å². The van der Waals surface area contributed by atoms with Gasteiger partial charge in [-0.05, 0) is 37.0 Å². The van der Waals surface area contributed by atoms with Crippen LogP contribution in [0.2, 0.25) is 0 Å². The van der Waals surface area contributed by atoms with Crippen molar-refractivity contribution in [1.82, 2.24) is 10.6 Å². The van der Waals surface area contributed by atoms with Gasteiger partial charge in [-0.3, -0.25) is 4.99 Å². The number of methoxy groups -OCH3 is 1. The molecule has 0 radical (unpaired) electrons. The van der Waals surface area contributed by atoms with Gasteiger partial charge in [-0.25, -0.2) is 0 Å². The van der Waals surface area contributed by atoms with Crippen LogP contribution in [0.1, 0.15) is 25.8 Å². The Morgan fingerprint density at radius 1 is 1.38 bits per heavy atom. The molecule has 1 aromatic carbocycles. The smallest absolute Gasteiger partial charge is 0.191 e. The summed E-state index contributed by atoms with van der Waals surface area (Å²) in [4.78, 5) is 4.25. The lowest BCUT2D eigenvalue weighted by Gasteiger charge is -2.14. The maximum atomic E-state index is 5.59. The van der Waals surface area contributed by atoms with Crippen molar-refractivity contribution >= 4 is 5.96 Å². The summed E-state index contributed by atoms with van der Waals surface area (Å²) in [6.45, 7) is 5.52. The Balaban J connectivity index is 1.93. The molecule has 1 aromatic rings. The Kier molecular flexibility index (Phi) is 5.31. The zero-order valence-corrected chi connectivity index (χ0v) is 13.3. The Bertz CT molecular complexity index is 502. The summed E-state index contributed by atoms with van der Waals surface area (Å²) in [5.74, 6) is 3.13. The zero-order valence-electron chi connectivity index (χ0n) is 13.3. The van der Waals surface area contributed by atoms with E-state index in [9.17, 15) is 0 Å². The molecule has 2 N–H and O–H groups in total. The quantitative estimate of drug-likeness (QED) is 0.623. The van der Waals surface area contributed by atoms with E-state index in [1.54, 1.807) is 14.2 Å². The molecule has 0 spiro atoms. The van der Waals surface area contributed by atoms with Crippen LogP contribution in [0.5, 0.6) is 11.5 Å². The van der Waals surface area contributed by atoms with E-state index >= 15 is 0 Å². The first kappa shape index (κ1) is 15.5. The van der Waals surface area contributed by atoms with Crippen molar-refractivity contribution in [1.29, 1.82) is 0 Å². The minimum absolute atomic E-state index is 0.561. The van der Waals surface area contributed by atoms with Crippen molar-refractivity contribution in [3.63, 3.8) is 0 Å². The third kappa shape index (κ3) is 4.28. The average molecular weight is 291 g/mol. The average Bonchev–Trinajstić information content (AvgIpc) is 3.19. The van der Waals surface area contributed by atoms with Crippen LogP contribution in [0.15, 0.2) is 23.2 Å². The van der Waals surface area contributed by atoms with Gasteiger partial charge in [0.1, 0.15) is 0 Å². The van der Waals surface area contributed by atoms with Gasteiger partial charge in [0.05, 0.1) is 13.7 Å². The molecular weight excluding hydrogens is 266 g/mol. The van der Waals surface area contributed by atoms with E-state index in [1.165, 1.54) is 6.42 Å². The van der Waals surface area contributed by atoms with Gasteiger partial charge in [0.15, 0.2) is 17.5 Å². The molecule has 1 saturated carbocycles. The van der Waals surface area contributed by atoms with Crippen molar-refractivity contribution in [3.05, 3.63) is 23.8 Å². The second kappa shape index (κ2) is 7.20. The summed E-state index contributed by atoms with van der Waals surface area (Å²) >= 11 is 0. The van der Waals surface area contributed by atoms with Gasteiger partial charge in [-0.2, -0.15) is 0 Å². The molecule has 0 saturated heterocycles. The molecule has 0 aliphatic heterocycles. The monoisotopic (exact) mass is 291 g/mol. The molecule has 0 heterocycles. The van der Waals surface area contributed by atoms with Crippen LogP contribution in [-0.2, 0) is 6.54 Å². The standard InChI is InChI=1S/C16H25N3O2/c1-5-21-15-9-12(6-7-14(15)20-4)10-18-16(17-3)19-13-8-11(13)2/h6-7,9,11,13H,5,8,10H2,1-4H3,(H2,17,18,19). The first-order chi connectivity index (χ1) is 10.2. The van der Waals surface area contributed by atoms with Crippen LogP contribution in [0, 0.1) is 5.92 Å². The molecule has 5 nitrogen and oxygen atoms in total. The summed E-state index contributed by atoms with van der Waals surface area (Å²) in [5, 5.41) is 6.73. The first-order valence-corrected chi connectivity index (χ1v) is 7.44. The summed E-state index contributed by atoms with van der Waals surface area (Å²) < 4.78 is 10.9. The molecule has 1 fully saturated rings. The fourth-order valence-electron chi connectivity index (χ4n) is 2.18. The Morgan fingerprint density at radius 2 is 2.14 bits per heavy atom. The van der Waals surface area contributed by atoms with E-state index in [2.05, 4.69) is 22.5 Å². The van der Waals surface area contributed by atoms with Gasteiger partial charge in [0.2, 0.25) is 0 Å². The minimum Gasteiger partial charge on any atom is -0.493 e. The highest BCUT2D eigenvalue weighted by molar-refractivity contribution is 5.80. The molecule has 2 rings (SSSR count). The van der Waals surface area contributed by atoms with Crippen LogP contribution in [-0.4, -0.2) is 32.8 Å². The second-order valence-corrected chi connectivity index (χ2v) is 5.31. The molecule has 1 aliphatic rings. The summed E-state index contributed by atoms with van der Waals surface area (Å²) in [6, 6.07) is 6.52. The lowest BCUT2D eigenvalue weighted by Crippen LogP contribution is -2.38. The van der Waals surface area contributed by atoms with Gasteiger partial charge in [-0.1, -0.05) is 13.0 Å². The van der Waals surface area contributed by atoms with E-state index in [0.717, 1.165) is 28.9 Å². The van der Waals surface area contributed by atoms with Gasteiger partial charge in [0.25, 0.3) is 0 Å². The maximum absolute atomic E-state index is 5.59. The molecule has 0 bridgehead atoms. The molecule has 0 aromatic heterocycles. The van der Waals surface area contributed by atoms with Crippen molar-refractivity contribution in [2.75, 3.05) is 20.8 Å². The lowest BCUT2D eigenvalue weighted by molar-refractivity contribution is 0.310. The molecule has 5 heteroatoms. The van der Waals surface area contributed by atoms with Crippen molar-refractivity contribution in [2.45, 2.75) is 32.9 Å². The molecule has 2 atom stereocenters. The number of guanidine groups is 1. The van der Waals surface area contributed by atoms with Crippen LogP contribution in [0.3, 0.4) is 0 Å². The molecule has 21 heavy (non-hydrogen) atoms. The molecular formula is C16H25N3O2. The summed E-state index contributed by atoms with van der Waals surface area (Å²) in [6.07, 6.45) is 1.22. The van der Waals surface area contributed by atoms with Gasteiger partial charge < -0.3 is 20.1 Å². The van der Waals surface area contributed by atoms with Crippen LogP contribution in [0.4, 0.5) is 0 Å². The van der Waals surface area contributed by atoms with E-state index < -0.39 is 0 Å². The number of nitrogens with zero attached hydrogens (tertiary/aromatic N) is 1. The third-order valence-electron chi connectivity index (χ3n) is 3.64. The van der Waals surface area contributed by atoms with E-state index in [-0.39, 0.29) is 0 Å². The highest BCUT2D eigenvalue weighted by Gasteiger charge is 2.33. The number of nitrogens with one attached hydrogen (secondary N) is 2. The fourth-order valence-corrected chi connectivity index (χ4v) is 2.18. The van der Waals surface area contributed by atoms with Crippen LogP contribution < -0.4 is 20.1 Å². The van der Waals surface area contributed by atoms with Crippen LogP contribution >= 0.6 is 0 Å². The number of hydrogen-bond donors (Lipinski definition) is 2. The molecule has 116 valence electrons. The first-order valence-electron chi connectivity index (χ1n) is 7.44. The second-order valence-electron chi connectivity index (χ2n) is 5.31.